The summed E-state index contributed by atoms with van der Waals surface area (Å²) < 4.78 is 0. The van der Waals surface area contributed by atoms with Crippen LogP contribution in [0.4, 0.5) is 0 Å². The summed E-state index contributed by atoms with van der Waals surface area (Å²) in [5.41, 5.74) is 2.95. The number of Topliss-reactive ketones (excluding diaryl/α,β-unsaturated/α-hetero) is 2. The maximum Gasteiger partial charge on any atom is 0.186 e. The lowest BCUT2D eigenvalue weighted by molar-refractivity contribution is -0.116. The molecule has 0 aromatic carbocycles. The van der Waals surface area contributed by atoms with Crippen LogP contribution >= 0.6 is 0 Å². The fourth-order valence-corrected chi connectivity index (χ4v) is 2.58. The summed E-state index contributed by atoms with van der Waals surface area (Å²) in [7, 11) is 0. The number of rotatable bonds is 0. The zero-order valence-corrected chi connectivity index (χ0v) is 8.95. The van der Waals surface area contributed by atoms with E-state index in [1.807, 2.05) is 24.3 Å². The molecule has 2 nitrogen and oxygen atoms in total. The molecule has 3 aliphatic rings. The van der Waals surface area contributed by atoms with Crippen molar-refractivity contribution in [1.82, 2.24) is 0 Å². The Kier molecular flexibility index (Phi) is 2.03. The molecular formula is C14H12O2. The van der Waals surface area contributed by atoms with Crippen molar-refractivity contribution >= 4 is 11.6 Å². The molecule has 80 valence electrons. The van der Waals surface area contributed by atoms with Gasteiger partial charge in [-0.15, -0.1) is 0 Å². The highest BCUT2D eigenvalue weighted by atomic mass is 16.1. The zero-order chi connectivity index (χ0) is 11.1. The molecule has 0 N–H and O–H groups in total. The zero-order valence-electron chi connectivity index (χ0n) is 8.95. The smallest absolute Gasteiger partial charge is 0.186 e. The third kappa shape index (κ3) is 1.19. The van der Waals surface area contributed by atoms with Crippen molar-refractivity contribution in [3.8, 4) is 0 Å². The molecule has 0 saturated heterocycles. The average molecular weight is 212 g/mol. The molecule has 0 aromatic heterocycles. The van der Waals surface area contributed by atoms with Crippen LogP contribution in [0.5, 0.6) is 0 Å². The third-order valence-corrected chi connectivity index (χ3v) is 3.45. The van der Waals surface area contributed by atoms with Gasteiger partial charge in [0, 0.05) is 22.3 Å². The number of hydrogen-bond donors (Lipinski definition) is 0. The van der Waals surface area contributed by atoms with Gasteiger partial charge in [0.1, 0.15) is 0 Å². The summed E-state index contributed by atoms with van der Waals surface area (Å²) in [5, 5.41) is 0. The van der Waals surface area contributed by atoms with E-state index in [0.29, 0.717) is 25.7 Å². The first-order chi connectivity index (χ1) is 7.79. The number of allylic oxidation sites excluding steroid dienone is 8. The van der Waals surface area contributed by atoms with Crippen LogP contribution < -0.4 is 0 Å². The number of carbonyl (C=O) groups is 2. The van der Waals surface area contributed by atoms with Gasteiger partial charge in [0.2, 0.25) is 0 Å². The number of carbonyl (C=O) groups excluding carboxylic acids is 2. The maximum atomic E-state index is 12.2. The average Bonchev–Trinajstić information content (AvgIpc) is 2.36. The molecule has 0 amide bonds. The third-order valence-electron chi connectivity index (χ3n) is 3.45. The maximum absolute atomic E-state index is 12.2. The van der Waals surface area contributed by atoms with Crippen LogP contribution in [-0.2, 0) is 9.59 Å². The molecule has 2 heteroatoms. The van der Waals surface area contributed by atoms with E-state index in [1.54, 1.807) is 0 Å². The summed E-state index contributed by atoms with van der Waals surface area (Å²) >= 11 is 0. The van der Waals surface area contributed by atoms with Crippen molar-refractivity contribution in [3.05, 3.63) is 46.6 Å². The molecule has 0 atom stereocenters. The highest BCUT2D eigenvalue weighted by Crippen LogP contribution is 2.35. The quantitative estimate of drug-likeness (QED) is 0.456. The van der Waals surface area contributed by atoms with Gasteiger partial charge in [0.25, 0.3) is 0 Å². The molecule has 0 radical (unpaired) electrons. The van der Waals surface area contributed by atoms with Gasteiger partial charge in [-0.25, -0.2) is 0 Å². The van der Waals surface area contributed by atoms with Crippen molar-refractivity contribution in [2.24, 2.45) is 0 Å². The van der Waals surface area contributed by atoms with Crippen LogP contribution in [0.2, 0.25) is 0 Å². The Hall–Kier alpha value is -1.70. The number of ketones is 2. The van der Waals surface area contributed by atoms with Crippen LogP contribution in [0.25, 0.3) is 0 Å². The molecule has 0 aromatic rings. The van der Waals surface area contributed by atoms with Crippen LogP contribution in [0, 0.1) is 0 Å². The molecule has 0 heterocycles. The summed E-state index contributed by atoms with van der Waals surface area (Å²) in [6.45, 7) is 0. The Morgan fingerprint density at radius 1 is 0.562 bits per heavy atom. The summed E-state index contributed by atoms with van der Waals surface area (Å²) in [4.78, 5) is 24.4. The molecular weight excluding hydrogens is 200 g/mol. The molecule has 0 fully saturated rings. The highest BCUT2D eigenvalue weighted by molar-refractivity contribution is 6.25. The predicted molar refractivity (Wildman–Crippen MR) is 60.8 cm³/mol. The van der Waals surface area contributed by atoms with Gasteiger partial charge in [0.15, 0.2) is 11.6 Å². The monoisotopic (exact) mass is 212 g/mol. The first-order valence-corrected chi connectivity index (χ1v) is 5.62. The highest BCUT2D eigenvalue weighted by Gasteiger charge is 2.33. The standard InChI is InChI=1S/C14H12O2/c15-13-9-5-1-2-6-10(9)14(16)12-8-4-3-7-11(12)13/h1-4H,5-8H2. The molecule has 16 heavy (non-hydrogen) atoms. The van der Waals surface area contributed by atoms with Gasteiger partial charge >= 0.3 is 0 Å². The largest absolute Gasteiger partial charge is 0.289 e. The first-order valence-electron chi connectivity index (χ1n) is 5.62. The summed E-state index contributed by atoms with van der Waals surface area (Å²) in [6.07, 6.45) is 10.4. The second-order valence-electron chi connectivity index (χ2n) is 4.33. The second kappa shape index (κ2) is 3.41. The van der Waals surface area contributed by atoms with Crippen molar-refractivity contribution in [3.63, 3.8) is 0 Å². The van der Waals surface area contributed by atoms with E-state index >= 15 is 0 Å². The first kappa shape index (κ1) is 9.52. The van der Waals surface area contributed by atoms with Crippen molar-refractivity contribution in [2.45, 2.75) is 25.7 Å². The molecule has 0 bridgehead atoms. The molecule has 0 unspecified atom stereocenters. The minimum absolute atomic E-state index is 0.110. The Balaban J connectivity index is 2.09. The predicted octanol–water partition coefficient (Wildman–Crippen LogP) is 2.43. The van der Waals surface area contributed by atoms with E-state index in [4.69, 9.17) is 0 Å². The topological polar surface area (TPSA) is 34.1 Å². The van der Waals surface area contributed by atoms with Crippen LogP contribution in [0.3, 0.4) is 0 Å². The minimum atomic E-state index is 0.110. The fourth-order valence-electron chi connectivity index (χ4n) is 2.58. The molecule has 0 spiro atoms. The van der Waals surface area contributed by atoms with Crippen LogP contribution in [-0.4, -0.2) is 11.6 Å². The lowest BCUT2D eigenvalue weighted by Gasteiger charge is -2.25. The van der Waals surface area contributed by atoms with E-state index in [9.17, 15) is 9.59 Å². The van der Waals surface area contributed by atoms with Crippen molar-refractivity contribution in [1.29, 1.82) is 0 Å². The van der Waals surface area contributed by atoms with Gasteiger partial charge in [-0.3, -0.25) is 9.59 Å². The van der Waals surface area contributed by atoms with Gasteiger partial charge in [-0.1, -0.05) is 24.3 Å². The van der Waals surface area contributed by atoms with Gasteiger partial charge in [-0.05, 0) is 25.7 Å². The van der Waals surface area contributed by atoms with E-state index in [0.717, 1.165) is 22.3 Å². The van der Waals surface area contributed by atoms with E-state index in [1.165, 1.54) is 0 Å². The second-order valence-corrected chi connectivity index (χ2v) is 4.33. The fraction of sp³-hybridized carbons (Fsp3) is 0.286. The van der Waals surface area contributed by atoms with Crippen molar-refractivity contribution in [2.75, 3.05) is 0 Å². The molecule has 3 aliphatic carbocycles. The summed E-state index contributed by atoms with van der Waals surface area (Å²) in [6, 6.07) is 0. The van der Waals surface area contributed by atoms with Crippen molar-refractivity contribution < 1.29 is 9.59 Å². The van der Waals surface area contributed by atoms with Gasteiger partial charge < -0.3 is 0 Å². The minimum Gasteiger partial charge on any atom is -0.289 e. The SMILES string of the molecule is O=C1C2=C(CC=CC2)C(=O)C2=C1CC=CC2. The summed E-state index contributed by atoms with van der Waals surface area (Å²) in [5.74, 6) is 0.219. The van der Waals surface area contributed by atoms with Crippen LogP contribution in [0.15, 0.2) is 46.6 Å². The van der Waals surface area contributed by atoms with E-state index in [-0.39, 0.29) is 11.6 Å². The van der Waals surface area contributed by atoms with E-state index < -0.39 is 0 Å². The van der Waals surface area contributed by atoms with Gasteiger partial charge in [-0.2, -0.15) is 0 Å². The van der Waals surface area contributed by atoms with E-state index in [2.05, 4.69) is 0 Å². The number of hydrogen-bond acceptors (Lipinski definition) is 2. The lowest BCUT2D eigenvalue weighted by atomic mass is 9.76. The lowest BCUT2D eigenvalue weighted by Crippen LogP contribution is -2.25. The van der Waals surface area contributed by atoms with Crippen LogP contribution in [0.1, 0.15) is 25.7 Å². The molecule has 3 rings (SSSR count). The van der Waals surface area contributed by atoms with Gasteiger partial charge in [0.05, 0.1) is 0 Å². The molecule has 0 saturated carbocycles. The Morgan fingerprint density at radius 2 is 0.812 bits per heavy atom. The Bertz CT molecular complexity index is 425. The Labute approximate surface area is 94.0 Å². The normalized spacial score (nSPS) is 23.8. The Morgan fingerprint density at radius 3 is 1.06 bits per heavy atom. The molecule has 0 aliphatic heterocycles.